The van der Waals surface area contributed by atoms with Crippen molar-refractivity contribution < 1.29 is 18.4 Å². The first-order valence-electron chi connectivity index (χ1n) is 11.4. The molecule has 2 aromatic carbocycles. The van der Waals surface area contributed by atoms with E-state index in [1.807, 2.05) is 29.0 Å². The molecular weight excluding hydrogens is 424 g/mol. The molecule has 172 valence electrons. The summed E-state index contributed by atoms with van der Waals surface area (Å²) >= 11 is 0. The lowest BCUT2D eigenvalue weighted by atomic mass is 9.88. The van der Waals surface area contributed by atoms with E-state index in [2.05, 4.69) is 10.1 Å². The Bertz CT molecular complexity index is 1240. The highest BCUT2D eigenvalue weighted by Gasteiger charge is 2.36. The van der Waals surface area contributed by atoms with Crippen molar-refractivity contribution in [1.82, 2.24) is 14.6 Å². The van der Waals surface area contributed by atoms with Crippen LogP contribution in [0.5, 0.6) is 0 Å². The molecule has 1 N–H and O–H groups in total. The first-order chi connectivity index (χ1) is 16.0. The Balaban J connectivity index is 1.17. The minimum Gasteiger partial charge on any atom is -0.384 e. The highest BCUT2D eigenvalue weighted by atomic mass is 19.1. The van der Waals surface area contributed by atoms with Crippen LogP contribution in [0.2, 0.25) is 0 Å². The molecule has 1 saturated heterocycles. The van der Waals surface area contributed by atoms with E-state index in [9.17, 15) is 13.9 Å². The summed E-state index contributed by atoms with van der Waals surface area (Å²) in [4.78, 5) is 2.35. The Morgan fingerprint density at radius 2 is 1.85 bits per heavy atom. The lowest BCUT2D eigenvalue weighted by molar-refractivity contribution is -0.0317. The molecule has 33 heavy (non-hydrogen) atoms. The molecular formula is C26H27F2N3O2. The third-order valence-corrected chi connectivity index (χ3v) is 6.68. The molecule has 5 rings (SSSR count). The molecule has 7 heteroatoms. The summed E-state index contributed by atoms with van der Waals surface area (Å²) in [5.41, 5.74) is 1.86. The van der Waals surface area contributed by atoms with Gasteiger partial charge < -0.3 is 19.1 Å². The van der Waals surface area contributed by atoms with E-state index in [1.165, 1.54) is 18.2 Å². The van der Waals surface area contributed by atoms with Crippen LogP contribution >= 0.6 is 0 Å². The van der Waals surface area contributed by atoms with Crippen molar-refractivity contribution in [3.8, 4) is 0 Å². The topological polar surface area (TPSA) is 54.4 Å². The SMILES string of the molecule is OC1(c2cccn2Cc2ccccc2F)CCN(CCCc2noc3cc(F)ccc23)CC1. The number of nitrogens with zero attached hydrogens (tertiary/aromatic N) is 3. The van der Waals surface area contributed by atoms with Crippen LogP contribution in [0.3, 0.4) is 0 Å². The van der Waals surface area contributed by atoms with Gasteiger partial charge in [-0.15, -0.1) is 0 Å². The predicted octanol–water partition coefficient (Wildman–Crippen LogP) is 4.87. The predicted molar refractivity (Wildman–Crippen MR) is 122 cm³/mol. The minimum atomic E-state index is -0.919. The summed E-state index contributed by atoms with van der Waals surface area (Å²) in [7, 11) is 0. The molecule has 3 heterocycles. The molecule has 0 amide bonds. The second kappa shape index (κ2) is 9.08. The molecule has 1 aliphatic heterocycles. The summed E-state index contributed by atoms with van der Waals surface area (Å²) in [6.07, 6.45) is 4.81. The average Bonchev–Trinajstić information content (AvgIpc) is 3.44. The molecule has 5 nitrogen and oxygen atoms in total. The number of piperidine rings is 1. The van der Waals surface area contributed by atoms with Gasteiger partial charge in [0, 0.05) is 42.0 Å². The van der Waals surface area contributed by atoms with E-state index in [4.69, 9.17) is 4.52 Å². The average molecular weight is 452 g/mol. The maximum Gasteiger partial charge on any atom is 0.170 e. The van der Waals surface area contributed by atoms with Crippen molar-refractivity contribution >= 4 is 11.0 Å². The van der Waals surface area contributed by atoms with E-state index >= 15 is 0 Å². The summed E-state index contributed by atoms with van der Waals surface area (Å²) in [6.45, 7) is 2.86. The van der Waals surface area contributed by atoms with Crippen LogP contribution in [0.1, 0.15) is 36.2 Å². The van der Waals surface area contributed by atoms with Crippen LogP contribution in [-0.2, 0) is 18.6 Å². The van der Waals surface area contributed by atoms with Gasteiger partial charge in [-0.05, 0) is 62.6 Å². The van der Waals surface area contributed by atoms with Crippen molar-refractivity contribution in [2.24, 2.45) is 0 Å². The van der Waals surface area contributed by atoms with Gasteiger partial charge in [0.15, 0.2) is 5.58 Å². The molecule has 0 spiro atoms. The Morgan fingerprint density at radius 1 is 1.03 bits per heavy atom. The monoisotopic (exact) mass is 451 g/mol. The molecule has 2 aromatic heterocycles. The fourth-order valence-corrected chi connectivity index (χ4v) is 4.80. The van der Waals surface area contributed by atoms with Crippen LogP contribution in [-0.4, -0.2) is 39.4 Å². The molecule has 0 unspecified atom stereocenters. The van der Waals surface area contributed by atoms with Crippen molar-refractivity contribution in [3.05, 3.63) is 89.4 Å². The van der Waals surface area contributed by atoms with Gasteiger partial charge >= 0.3 is 0 Å². The Morgan fingerprint density at radius 3 is 2.67 bits per heavy atom. The standard InChI is InChI=1S/C26H27F2N3O2/c27-20-9-10-21-23(29-33-24(21)17-20)7-3-13-30-15-11-26(32,12-16-30)25-8-4-14-31(25)18-19-5-1-2-6-22(19)28/h1-2,4-6,8-10,14,17,32H,3,7,11-13,15-16,18H2. The molecule has 0 atom stereocenters. The van der Waals surface area contributed by atoms with E-state index < -0.39 is 5.60 Å². The highest BCUT2D eigenvalue weighted by Crippen LogP contribution is 2.34. The summed E-state index contributed by atoms with van der Waals surface area (Å²) in [5, 5.41) is 16.4. The van der Waals surface area contributed by atoms with Crippen LogP contribution in [0.15, 0.2) is 65.3 Å². The lowest BCUT2D eigenvalue weighted by Gasteiger charge is -2.39. The Hall–Kier alpha value is -3.03. The second-order valence-corrected chi connectivity index (χ2v) is 8.86. The van der Waals surface area contributed by atoms with Gasteiger partial charge in [-0.3, -0.25) is 0 Å². The number of hydrogen-bond acceptors (Lipinski definition) is 4. The maximum atomic E-state index is 14.1. The number of rotatable bonds is 7. The molecule has 4 aromatic rings. The third-order valence-electron chi connectivity index (χ3n) is 6.68. The van der Waals surface area contributed by atoms with E-state index in [0.717, 1.165) is 49.2 Å². The fourth-order valence-electron chi connectivity index (χ4n) is 4.80. The van der Waals surface area contributed by atoms with Crippen molar-refractivity contribution in [2.45, 2.75) is 37.8 Å². The van der Waals surface area contributed by atoms with E-state index in [1.54, 1.807) is 18.2 Å². The number of aliphatic hydroxyl groups is 1. The zero-order chi connectivity index (χ0) is 22.8. The van der Waals surface area contributed by atoms with Crippen LogP contribution in [0, 0.1) is 11.6 Å². The number of aromatic nitrogens is 2. The van der Waals surface area contributed by atoms with Crippen LogP contribution in [0.4, 0.5) is 8.78 Å². The quantitative estimate of drug-likeness (QED) is 0.436. The summed E-state index contributed by atoms with van der Waals surface area (Å²) in [5.74, 6) is -0.560. The summed E-state index contributed by atoms with van der Waals surface area (Å²) in [6, 6.07) is 15.1. The molecule has 0 saturated carbocycles. The normalized spacial score (nSPS) is 16.5. The second-order valence-electron chi connectivity index (χ2n) is 8.86. The number of benzene rings is 2. The highest BCUT2D eigenvalue weighted by molar-refractivity contribution is 5.79. The van der Waals surface area contributed by atoms with Crippen LogP contribution < -0.4 is 0 Å². The lowest BCUT2D eigenvalue weighted by Crippen LogP contribution is -2.44. The van der Waals surface area contributed by atoms with Crippen molar-refractivity contribution in [1.29, 1.82) is 0 Å². The fraction of sp³-hybridized carbons (Fsp3) is 0.346. The van der Waals surface area contributed by atoms with Gasteiger partial charge in [0.2, 0.25) is 0 Å². The van der Waals surface area contributed by atoms with Gasteiger partial charge in [0.25, 0.3) is 0 Å². The zero-order valence-electron chi connectivity index (χ0n) is 18.4. The van der Waals surface area contributed by atoms with Gasteiger partial charge in [-0.1, -0.05) is 23.4 Å². The first kappa shape index (κ1) is 21.8. The van der Waals surface area contributed by atoms with Crippen molar-refractivity contribution in [2.75, 3.05) is 19.6 Å². The maximum absolute atomic E-state index is 14.1. The van der Waals surface area contributed by atoms with E-state index in [-0.39, 0.29) is 11.6 Å². The molecule has 0 bridgehead atoms. The number of likely N-dealkylation sites (tertiary alicyclic amines) is 1. The molecule has 0 aliphatic carbocycles. The van der Waals surface area contributed by atoms with Gasteiger partial charge in [-0.2, -0.15) is 0 Å². The molecule has 1 aliphatic rings. The largest absolute Gasteiger partial charge is 0.384 e. The molecule has 0 radical (unpaired) electrons. The van der Waals surface area contributed by atoms with Gasteiger partial charge in [0.1, 0.15) is 17.2 Å². The van der Waals surface area contributed by atoms with Gasteiger partial charge in [0.05, 0.1) is 12.2 Å². The van der Waals surface area contributed by atoms with E-state index in [0.29, 0.717) is 30.5 Å². The molecule has 1 fully saturated rings. The number of halogens is 2. The number of aryl methyl sites for hydroxylation is 1. The van der Waals surface area contributed by atoms with Crippen molar-refractivity contribution in [3.63, 3.8) is 0 Å². The summed E-state index contributed by atoms with van der Waals surface area (Å²) < 4.78 is 34.6. The minimum absolute atomic E-state index is 0.232. The van der Waals surface area contributed by atoms with Crippen LogP contribution in [0.25, 0.3) is 11.0 Å². The third kappa shape index (κ3) is 4.56. The Labute approximate surface area is 191 Å². The number of hydrogen-bond donors (Lipinski definition) is 1. The zero-order valence-corrected chi connectivity index (χ0v) is 18.4. The van der Waals surface area contributed by atoms with Gasteiger partial charge in [-0.25, -0.2) is 8.78 Å². The first-order valence-corrected chi connectivity index (χ1v) is 11.4. The Kier molecular flexibility index (Phi) is 6.00. The smallest absolute Gasteiger partial charge is 0.170 e. The number of fused-ring (bicyclic) bond motifs is 1.